The lowest BCUT2D eigenvalue weighted by Crippen LogP contribution is -2.25. The molecule has 90 valence electrons. The van der Waals surface area contributed by atoms with E-state index < -0.39 is 0 Å². The molecule has 0 aliphatic carbocycles. The van der Waals surface area contributed by atoms with Gasteiger partial charge < -0.3 is 15.8 Å². The molecule has 0 bridgehead atoms. The van der Waals surface area contributed by atoms with Gasteiger partial charge in [-0.05, 0) is 6.07 Å². The molecule has 3 N–H and O–H groups in total. The molecule has 0 fully saturated rings. The first-order valence-electron chi connectivity index (χ1n) is 5.18. The Morgan fingerprint density at radius 2 is 2.41 bits per heavy atom. The maximum Gasteiger partial charge on any atom is 0.157 e. The van der Waals surface area contributed by atoms with Crippen molar-refractivity contribution in [1.82, 2.24) is 14.6 Å². The first kappa shape index (κ1) is 11.2. The maximum absolute atomic E-state index is 8.45. The summed E-state index contributed by atoms with van der Waals surface area (Å²) in [7, 11) is 1.90. The molecule has 0 atom stereocenters. The van der Waals surface area contributed by atoms with Crippen molar-refractivity contribution in [3.05, 3.63) is 24.5 Å². The topological polar surface area (TPSA) is 92.0 Å². The van der Waals surface area contributed by atoms with Crippen LogP contribution in [-0.2, 0) is 0 Å². The molecule has 0 radical (unpaired) electrons. The molecule has 2 heterocycles. The Hall–Kier alpha value is -2.31. The molecule has 0 unspecified atom stereocenters. The van der Waals surface area contributed by atoms with Crippen molar-refractivity contribution in [2.75, 3.05) is 18.5 Å². The summed E-state index contributed by atoms with van der Waals surface area (Å²) in [5, 5.41) is 15.4. The SMILES string of the molecule is CN(CC/C(N)=N/O)c1ccn2nccc2n1. The summed E-state index contributed by atoms with van der Waals surface area (Å²) < 4.78 is 1.70. The quantitative estimate of drug-likeness (QED) is 0.343. The summed E-state index contributed by atoms with van der Waals surface area (Å²) in [5.74, 6) is 1.03. The fourth-order valence-electron chi connectivity index (χ4n) is 1.46. The number of hydrogen-bond acceptors (Lipinski definition) is 5. The van der Waals surface area contributed by atoms with Crippen LogP contribution in [0.1, 0.15) is 6.42 Å². The Kier molecular flexibility index (Phi) is 3.08. The van der Waals surface area contributed by atoms with E-state index in [4.69, 9.17) is 10.9 Å². The van der Waals surface area contributed by atoms with Gasteiger partial charge in [0.1, 0.15) is 11.7 Å². The summed E-state index contributed by atoms with van der Waals surface area (Å²) in [4.78, 5) is 6.36. The van der Waals surface area contributed by atoms with Crippen LogP contribution in [0.5, 0.6) is 0 Å². The van der Waals surface area contributed by atoms with E-state index >= 15 is 0 Å². The minimum atomic E-state index is 0.210. The molecule has 7 heteroatoms. The van der Waals surface area contributed by atoms with Crippen molar-refractivity contribution in [2.45, 2.75) is 6.42 Å². The van der Waals surface area contributed by atoms with Crippen molar-refractivity contribution < 1.29 is 5.21 Å². The highest BCUT2D eigenvalue weighted by Gasteiger charge is 2.05. The highest BCUT2D eigenvalue weighted by Crippen LogP contribution is 2.10. The second kappa shape index (κ2) is 4.69. The third-order valence-corrected chi connectivity index (χ3v) is 2.47. The van der Waals surface area contributed by atoms with E-state index in [1.54, 1.807) is 10.7 Å². The molecule has 0 amide bonds. The zero-order chi connectivity index (χ0) is 12.3. The van der Waals surface area contributed by atoms with Gasteiger partial charge in [0.05, 0.1) is 6.20 Å². The summed E-state index contributed by atoms with van der Waals surface area (Å²) in [5.41, 5.74) is 6.20. The number of oxime groups is 1. The number of aromatic nitrogens is 3. The predicted octanol–water partition coefficient (Wildman–Crippen LogP) is 0.302. The standard InChI is InChI=1S/C10H14N6O/c1-15(6-3-8(11)14-17)9-4-7-16-10(13-9)2-5-12-16/h2,4-5,7,17H,3,6H2,1H3,(H2,11,14). The van der Waals surface area contributed by atoms with Crippen molar-refractivity contribution in [1.29, 1.82) is 0 Å². The van der Waals surface area contributed by atoms with E-state index in [0.29, 0.717) is 13.0 Å². The highest BCUT2D eigenvalue weighted by molar-refractivity contribution is 5.80. The van der Waals surface area contributed by atoms with Crippen LogP contribution in [0.2, 0.25) is 0 Å². The summed E-state index contributed by atoms with van der Waals surface area (Å²) in [6.45, 7) is 0.632. The molecular weight excluding hydrogens is 220 g/mol. The van der Waals surface area contributed by atoms with E-state index in [1.165, 1.54) is 0 Å². The molecule has 2 aromatic heterocycles. The Bertz CT molecular complexity index is 534. The largest absolute Gasteiger partial charge is 0.409 e. The van der Waals surface area contributed by atoms with E-state index in [2.05, 4.69) is 15.2 Å². The van der Waals surface area contributed by atoms with Crippen LogP contribution in [0.25, 0.3) is 5.65 Å². The Balaban J connectivity index is 2.10. The van der Waals surface area contributed by atoms with Gasteiger partial charge in [0, 0.05) is 32.3 Å². The molecule has 0 saturated heterocycles. The minimum absolute atomic E-state index is 0.210. The molecule has 0 aliphatic rings. The summed E-state index contributed by atoms with van der Waals surface area (Å²) >= 11 is 0. The zero-order valence-corrected chi connectivity index (χ0v) is 9.48. The first-order valence-corrected chi connectivity index (χ1v) is 5.18. The number of hydrogen-bond donors (Lipinski definition) is 2. The number of nitrogens with zero attached hydrogens (tertiary/aromatic N) is 5. The number of rotatable bonds is 4. The van der Waals surface area contributed by atoms with Crippen LogP contribution < -0.4 is 10.6 Å². The normalized spacial score (nSPS) is 11.9. The Morgan fingerprint density at radius 1 is 1.59 bits per heavy atom. The fraction of sp³-hybridized carbons (Fsp3) is 0.300. The van der Waals surface area contributed by atoms with Crippen LogP contribution in [0, 0.1) is 0 Å². The van der Waals surface area contributed by atoms with Gasteiger partial charge in [0.15, 0.2) is 5.65 Å². The molecule has 7 nitrogen and oxygen atoms in total. The van der Waals surface area contributed by atoms with Crippen LogP contribution >= 0.6 is 0 Å². The van der Waals surface area contributed by atoms with Crippen LogP contribution in [0.15, 0.2) is 29.7 Å². The number of fused-ring (bicyclic) bond motifs is 1. The lowest BCUT2D eigenvalue weighted by molar-refractivity contribution is 0.317. The second-order valence-corrected chi connectivity index (χ2v) is 3.68. The lowest BCUT2D eigenvalue weighted by Gasteiger charge is -2.17. The summed E-state index contributed by atoms with van der Waals surface area (Å²) in [6, 6.07) is 3.70. The van der Waals surface area contributed by atoms with Gasteiger partial charge in [-0.2, -0.15) is 5.10 Å². The third kappa shape index (κ3) is 2.44. The van der Waals surface area contributed by atoms with Gasteiger partial charge >= 0.3 is 0 Å². The Morgan fingerprint density at radius 3 is 3.18 bits per heavy atom. The third-order valence-electron chi connectivity index (χ3n) is 2.47. The minimum Gasteiger partial charge on any atom is -0.409 e. The van der Waals surface area contributed by atoms with Gasteiger partial charge in [-0.15, -0.1) is 0 Å². The molecule has 0 spiro atoms. The number of anilines is 1. The van der Waals surface area contributed by atoms with Crippen LogP contribution in [0.4, 0.5) is 5.82 Å². The lowest BCUT2D eigenvalue weighted by atomic mass is 10.3. The molecule has 2 aromatic rings. The number of amidine groups is 1. The van der Waals surface area contributed by atoms with Crippen LogP contribution in [-0.4, -0.2) is 39.2 Å². The van der Waals surface area contributed by atoms with Crippen molar-refractivity contribution in [3.8, 4) is 0 Å². The Labute approximate surface area is 98.2 Å². The van der Waals surface area contributed by atoms with Crippen molar-refractivity contribution >= 4 is 17.3 Å². The molecular formula is C10H14N6O. The maximum atomic E-state index is 8.45. The van der Waals surface area contributed by atoms with Gasteiger partial charge in [0.2, 0.25) is 0 Å². The van der Waals surface area contributed by atoms with Crippen LogP contribution in [0.3, 0.4) is 0 Å². The van der Waals surface area contributed by atoms with E-state index in [9.17, 15) is 0 Å². The van der Waals surface area contributed by atoms with Gasteiger partial charge in [-0.1, -0.05) is 5.16 Å². The zero-order valence-electron chi connectivity index (χ0n) is 9.48. The first-order chi connectivity index (χ1) is 8.20. The molecule has 2 rings (SSSR count). The predicted molar refractivity (Wildman–Crippen MR) is 64.3 cm³/mol. The second-order valence-electron chi connectivity index (χ2n) is 3.68. The van der Waals surface area contributed by atoms with Crippen molar-refractivity contribution in [3.63, 3.8) is 0 Å². The average molecular weight is 234 g/mol. The molecule has 17 heavy (non-hydrogen) atoms. The van der Waals surface area contributed by atoms with E-state index in [-0.39, 0.29) is 5.84 Å². The van der Waals surface area contributed by atoms with Gasteiger partial charge in [-0.25, -0.2) is 9.50 Å². The van der Waals surface area contributed by atoms with E-state index in [0.717, 1.165) is 11.5 Å². The fourth-order valence-corrected chi connectivity index (χ4v) is 1.46. The highest BCUT2D eigenvalue weighted by atomic mass is 16.4. The van der Waals surface area contributed by atoms with Gasteiger partial charge in [0.25, 0.3) is 0 Å². The van der Waals surface area contributed by atoms with Gasteiger partial charge in [-0.3, -0.25) is 0 Å². The molecule has 0 aliphatic heterocycles. The smallest absolute Gasteiger partial charge is 0.157 e. The van der Waals surface area contributed by atoms with Crippen molar-refractivity contribution in [2.24, 2.45) is 10.9 Å². The average Bonchev–Trinajstić information content (AvgIpc) is 2.82. The molecule has 0 aromatic carbocycles. The molecule has 0 saturated carbocycles. The number of nitrogens with two attached hydrogens (primary N) is 1. The monoisotopic (exact) mass is 234 g/mol. The van der Waals surface area contributed by atoms with E-state index in [1.807, 2.05) is 30.3 Å². The summed E-state index contributed by atoms with van der Waals surface area (Å²) in [6.07, 6.45) is 4.03.